The summed E-state index contributed by atoms with van der Waals surface area (Å²) in [5, 5.41) is 2.95. The molecule has 0 radical (unpaired) electrons. The van der Waals surface area contributed by atoms with Crippen LogP contribution in [-0.2, 0) is 17.6 Å². The Hall–Kier alpha value is -3.29. The van der Waals surface area contributed by atoms with Crippen molar-refractivity contribution in [1.29, 1.82) is 0 Å². The maximum atomic E-state index is 13.9. The second-order valence-corrected chi connectivity index (χ2v) is 8.26. The topological polar surface area (TPSA) is 80.7 Å². The number of hydrogen-bond acceptors (Lipinski definition) is 5. The van der Waals surface area contributed by atoms with Crippen LogP contribution >= 0.6 is 0 Å². The average Bonchev–Trinajstić information content (AvgIpc) is 2.70. The molecule has 6 nitrogen and oxygen atoms in total. The maximum absolute atomic E-state index is 13.9. The van der Waals surface area contributed by atoms with E-state index in [9.17, 15) is 13.6 Å². The lowest BCUT2D eigenvalue weighted by Gasteiger charge is -2.36. The maximum Gasteiger partial charge on any atom is 0.225 e. The second-order valence-electron chi connectivity index (χ2n) is 8.26. The number of rotatable bonds is 4. The minimum absolute atomic E-state index is 0.0250. The van der Waals surface area contributed by atoms with Gasteiger partial charge < -0.3 is 5.32 Å². The van der Waals surface area contributed by atoms with E-state index in [0.717, 1.165) is 35.9 Å². The number of carbonyl (C=O) groups excluding carboxylic acids is 1. The molecule has 0 fully saturated rings. The zero-order chi connectivity index (χ0) is 21.3. The standard InChI is InChI=1S/C22H21F2N5O/c1-22(2)9-17(28-20(30)8-13-7-14(23)3-4-16(13)24)15-11-27-21(29-18(15)10-22)19-12-25-5-6-26-19/h3-7,11-12,17H,8-10H2,1-2H3,(H,28,30). The molecule has 8 heteroatoms. The van der Waals surface area contributed by atoms with Gasteiger partial charge in [0.25, 0.3) is 0 Å². The molecule has 2 heterocycles. The first-order chi connectivity index (χ1) is 14.3. The minimum Gasteiger partial charge on any atom is -0.349 e. The summed E-state index contributed by atoms with van der Waals surface area (Å²) in [6, 6.07) is 2.79. The van der Waals surface area contributed by atoms with Crippen molar-refractivity contribution in [3.8, 4) is 11.5 Å². The first-order valence-corrected chi connectivity index (χ1v) is 9.66. The predicted octanol–water partition coefficient (Wildman–Crippen LogP) is 3.58. The van der Waals surface area contributed by atoms with E-state index in [1.807, 2.05) is 0 Å². The highest BCUT2D eigenvalue weighted by Gasteiger charge is 2.34. The number of carbonyl (C=O) groups is 1. The van der Waals surface area contributed by atoms with Crippen LogP contribution in [0.4, 0.5) is 8.78 Å². The van der Waals surface area contributed by atoms with Gasteiger partial charge in [-0.1, -0.05) is 13.8 Å². The van der Waals surface area contributed by atoms with Crippen molar-refractivity contribution in [3.63, 3.8) is 0 Å². The normalized spacial score (nSPS) is 17.3. The fourth-order valence-electron chi connectivity index (χ4n) is 3.81. The summed E-state index contributed by atoms with van der Waals surface area (Å²) in [6.45, 7) is 4.21. The molecule has 1 N–H and O–H groups in total. The number of benzene rings is 1. The van der Waals surface area contributed by atoms with Crippen molar-refractivity contribution in [2.45, 2.75) is 39.2 Å². The summed E-state index contributed by atoms with van der Waals surface area (Å²) in [4.78, 5) is 30.0. The van der Waals surface area contributed by atoms with Gasteiger partial charge in [0.15, 0.2) is 5.82 Å². The van der Waals surface area contributed by atoms with Gasteiger partial charge in [0.2, 0.25) is 5.91 Å². The summed E-state index contributed by atoms with van der Waals surface area (Å²) in [6.07, 6.45) is 7.63. The highest BCUT2D eigenvalue weighted by atomic mass is 19.1. The van der Waals surface area contributed by atoms with Crippen molar-refractivity contribution in [2.75, 3.05) is 0 Å². The van der Waals surface area contributed by atoms with Gasteiger partial charge in [-0.3, -0.25) is 9.78 Å². The summed E-state index contributed by atoms with van der Waals surface area (Å²) in [5.41, 5.74) is 2.16. The summed E-state index contributed by atoms with van der Waals surface area (Å²) >= 11 is 0. The van der Waals surface area contributed by atoms with Crippen molar-refractivity contribution in [3.05, 3.63) is 71.4 Å². The van der Waals surface area contributed by atoms with Crippen LogP contribution in [-0.4, -0.2) is 25.8 Å². The van der Waals surface area contributed by atoms with E-state index in [1.54, 1.807) is 24.8 Å². The van der Waals surface area contributed by atoms with Crippen molar-refractivity contribution in [2.24, 2.45) is 5.41 Å². The first kappa shape index (κ1) is 20.0. The lowest BCUT2D eigenvalue weighted by molar-refractivity contribution is -0.121. The largest absolute Gasteiger partial charge is 0.349 e. The molecular formula is C22H21F2N5O. The Morgan fingerprint density at radius 1 is 1.20 bits per heavy atom. The molecule has 1 aliphatic carbocycles. The van der Waals surface area contributed by atoms with E-state index in [0.29, 0.717) is 17.9 Å². The van der Waals surface area contributed by atoms with Crippen LogP contribution in [0.15, 0.2) is 43.0 Å². The molecule has 0 bridgehead atoms. The zero-order valence-electron chi connectivity index (χ0n) is 16.7. The van der Waals surface area contributed by atoms with Crippen LogP contribution in [0.2, 0.25) is 0 Å². The smallest absolute Gasteiger partial charge is 0.225 e. The Morgan fingerprint density at radius 3 is 2.80 bits per heavy atom. The minimum atomic E-state index is -0.604. The molecule has 0 saturated carbocycles. The third-order valence-electron chi connectivity index (χ3n) is 5.16. The van der Waals surface area contributed by atoms with Gasteiger partial charge in [0.05, 0.1) is 24.4 Å². The van der Waals surface area contributed by atoms with Crippen molar-refractivity contribution >= 4 is 5.91 Å². The second kappa shape index (κ2) is 7.85. The number of nitrogens with zero attached hydrogens (tertiary/aromatic N) is 4. The Morgan fingerprint density at radius 2 is 2.03 bits per heavy atom. The van der Waals surface area contributed by atoms with Gasteiger partial charge in [-0.25, -0.2) is 23.7 Å². The summed E-state index contributed by atoms with van der Waals surface area (Å²) in [5.74, 6) is -1.08. The van der Waals surface area contributed by atoms with Gasteiger partial charge in [-0.2, -0.15) is 0 Å². The molecule has 1 aromatic carbocycles. The molecule has 0 aliphatic heterocycles. The molecule has 1 aliphatic rings. The first-order valence-electron chi connectivity index (χ1n) is 9.66. The SMILES string of the molecule is CC1(C)Cc2nc(-c3cnccn3)ncc2C(NC(=O)Cc2cc(F)ccc2F)C1. The van der Waals surface area contributed by atoms with Crippen molar-refractivity contribution < 1.29 is 13.6 Å². The van der Waals surface area contributed by atoms with E-state index in [4.69, 9.17) is 0 Å². The molecule has 154 valence electrons. The number of amides is 1. The molecule has 2 aromatic heterocycles. The zero-order valence-corrected chi connectivity index (χ0v) is 16.7. The van der Waals surface area contributed by atoms with Crippen LogP contribution in [0.1, 0.15) is 43.1 Å². The number of fused-ring (bicyclic) bond motifs is 1. The third-order valence-corrected chi connectivity index (χ3v) is 5.16. The lowest BCUT2D eigenvalue weighted by Crippen LogP contribution is -2.38. The number of halogens is 2. The molecule has 4 rings (SSSR count). The summed E-state index contributed by atoms with van der Waals surface area (Å²) in [7, 11) is 0. The Kier molecular flexibility index (Phi) is 5.24. The van der Waals surface area contributed by atoms with Gasteiger partial charge in [0, 0.05) is 29.7 Å². The Balaban J connectivity index is 1.58. The van der Waals surface area contributed by atoms with Crippen LogP contribution in [0, 0.1) is 17.0 Å². The van der Waals surface area contributed by atoms with Crippen LogP contribution in [0.3, 0.4) is 0 Å². The van der Waals surface area contributed by atoms with Crippen LogP contribution in [0.5, 0.6) is 0 Å². The fourth-order valence-corrected chi connectivity index (χ4v) is 3.81. The Bertz CT molecular complexity index is 1090. The summed E-state index contributed by atoms with van der Waals surface area (Å²) < 4.78 is 27.3. The van der Waals surface area contributed by atoms with E-state index in [2.05, 4.69) is 39.1 Å². The Labute approximate surface area is 172 Å². The molecule has 0 saturated heterocycles. The molecule has 1 amide bonds. The predicted molar refractivity (Wildman–Crippen MR) is 106 cm³/mol. The number of hydrogen-bond donors (Lipinski definition) is 1. The number of nitrogens with one attached hydrogen (secondary N) is 1. The van der Waals surface area contributed by atoms with Crippen molar-refractivity contribution in [1.82, 2.24) is 25.3 Å². The van der Waals surface area contributed by atoms with Gasteiger partial charge >= 0.3 is 0 Å². The highest BCUT2D eigenvalue weighted by Crippen LogP contribution is 2.40. The quantitative estimate of drug-likeness (QED) is 0.712. The monoisotopic (exact) mass is 409 g/mol. The van der Waals surface area contributed by atoms with E-state index in [1.165, 1.54) is 0 Å². The van der Waals surface area contributed by atoms with Gasteiger partial charge in [-0.15, -0.1) is 0 Å². The lowest BCUT2D eigenvalue weighted by atomic mass is 9.74. The fraction of sp³-hybridized carbons (Fsp3) is 0.318. The van der Waals surface area contributed by atoms with Crippen LogP contribution in [0.25, 0.3) is 11.5 Å². The molecule has 3 aromatic rings. The van der Waals surface area contributed by atoms with Gasteiger partial charge in [-0.05, 0) is 36.5 Å². The number of aromatic nitrogens is 4. The molecule has 0 spiro atoms. The molecule has 1 unspecified atom stereocenters. The molecular weight excluding hydrogens is 388 g/mol. The third kappa shape index (κ3) is 4.32. The molecule has 30 heavy (non-hydrogen) atoms. The van der Waals surface area contributed by atoms with E-state index in [-0.39, 0.29) is 29.3 Å². The average molecular weight is 409 g/mol. The van der Waals surface area contributed by atoms with E-state index >= 15 is 0 Å². The van der Waals surface area contributed by atoms with Gasteiger partial charge in [0.1, 0.15) is 17.3 Å². The van der Waals surface area contributed by atoms with E-state index < -0.39 is 11.6 Å². The highest BCUT2D eigenvalue weighted by molar-refractivity contribution is 5.79. The molecule has 1 atom stereocenters. The van der Waals surface area contributed by atoms with Crippen LogP contribution < -0.4 is 5.32 Å².